The van der Waals surface area contributed by atoms with E-state index in [-0.39, 0.29) is 11.8 Å². The summed E-state index contributed by atoms with van der Waals surface area (Å²) < 4.78 is 5.32. The highest BCUT2D eigenvalue weighted by Gasteiger charge is 2.26. The largest absolute Gasteiger partial charge is 0.345 e. The summed E-state index contributed by atoms with van der Waals surface area (Å²) in [5.74, 6) is 0.937. The lowest BCUT2D eigenvalue weighted by molar-refractivity contribution is -0.137. The zero-order valence-electron chi connectivity index (χ0n) is 14.3. The molecule has 1 fully saturated rings. The molecule has 8 nitrogen and oxygen atoms in total. The van der Waals surface area contributed by atoms with E-state index in [9.17, 15) is 9.59 Å². The van der Waals surface area contributed by atoms with Crippen LogP contribution in [0.3, 0.4) is 0 Å². The van der Waals surface area contributed by atoms with Crippen LogP contribution in [0.5, 0.6) is 0 Å². The molecule has 134 valence electrons. The molecule has 3 rings (SSSR count). The summed E-state index contributed by atoms with van der Waals surface area (Å²) in [5, 5.41) is 10.6. The highest BCUT2D eigenvalue weighted by molar-refractivity contribution is 7.08. The van der Waals surface area contributed by atoms with Gasteiger partial charge >= 0.3 is 0 Å². The maximum Gasteiger partial charge on any atom is 0.244 e. The van der Waals surface area contributed by atoms with Gasteiger partial charge in [0.2, 0.25) is 23.5 Å². The standard InChI is InChI=1S/C16H21N5O3S/c1-11(17-12(2)22)16(23)21-6-4-20(5-7-21)9-14-18-15(19-24-14)13-3-8-25-10-13/h3,8,10-11H,4-7,9H2,1-2H3,(H,17,22). The van der Waals surface area contributed by atoms with Gasteiger partial charge in [-0.2, -0.15) is 16.3 Å². The molecule has 1 aliphatic heterocycles. The lowest BCUT2D eigenvalue weighted by atomic mass is 10.2. The van der Waals surface area contributed by atoms with Gasteiger partial charge in [0.15, 0.2) is 0 Å². The van der Waals surface area contributed by atoms with Crippen molar-refractivity contribution < 1.29 is 14.1 Å². The number of piperazine rings is 1. The van der Waals surface area contributed by atoms with Crippen molar-refractivity contribution in [1.29, 1.82) is 0 Å². The van der Waals surface area contributed by atoms with Gasteiger partial charge in [0.05, 0.1) is 6.54 Å². The number of rotatable bonds is 5. The molecule has 2 aromatic heterocycles. The van der Waals surface area contributed by atoms with Gasteiger partial charge in [-0.25, -0.2) is 0 Å². The highest BCUT2D eigenvalue weighted by Crippen LogP contribution is 2.19. The Morgan fingerprint density at radius 3 is 2.76 bits per heavy atom. The number of carbonyl (C=O) groups is 2. The van der Waals surface area contributed by atoms with Gasteiger partial charge in [-0.1, -0.05) is 5.16 Å². The summed E-state index contributed by atoms with van der Waals surface area (Å²) in [6.45, 7) is 6.39. The highest BCUT2D eigenvalue weighted by atomic mass is 32.1. The molecule has 1 atom stereocenters. The van der Waals surface area contributed by atoms with Crippen molar-refractivity contribution in [1.82, 2.24) is 25.3 Å². The molecule has 9 heteroatoms. The zero-order chi connectivity index (χ0) is 17.8. The molecule has 0 aliphatic carbocycles. The molecule has 0 spiro atoms. The van der Waals surface area contributed by atoms with E-state index in [0.29, 0.717) is 31.3 Å². The van der Waals surface area contributed by atoms with Crippen LogP contribution >= 0.6 is 11.3 Å². The van der Waals surface area contributed by atoms with Gasteiger partial charge in [0, 0.05) is 44.0 Å². The van der Waals surface area contributed by atoms with Crippen molar-refractivity contribution in [3.05, 3.63) is 22.7 Å². The van der Waals surface area contributed by atoms with Crippen LogP contribution in [0.2, 0.25) is 0 Å². The van der Waals surface area contributed by atoms with Gasteiger partial charge < -0.3 is 14.7 Å². The van der Waals surface area contributed by atoms with E-state index in [4.69, 9.17) is 4.52 Å². The minimum Gasteiger partial charge on any atom is -0.345 e. The predicted molar refractivity (Wildman–Crippen MR) is 92.7 cm³/mol. The maximum absolute atomic E-state index is 12.3. The molecule has 25 heavy (non-hydrogen) atoms. The number of nitrogens with one attached hydrogen (secondary N) is 1. The fraction of sp³-hybridized carbons (Fsp3) is 0.500. The third-order valence-electron chi connectivity index (χ3n) is 4.08. The smallest absolute Gasteiger partial charge is 0.244 e. The van der Waals surface area contributed by atoms with Crippen molar-refractivity contribution in [3.63, 3.8) is 0 Å². The molecular weight excluding hydrogens is 342 g/mol. The van der Waals surface area contributed by atoms with E-state index in [2.05, 4.69) is 20.4 Å². The Hall–Kier alpha value is -2.26. The molecule has 1 aliphatic rings. The molecule has 1 unspecified atom stereocenters. The number of hydrogen-bond acceptors (Lipinski definition) is 7. The van der Waals surface area contributed by atoms with Crippen LogP contribution in [-0.4, -0.2) is 64.0 Å². The average Bonchev–Trinajstić information content (AvgIpc) is 3.25. The lowest BCUT2D eigenvalue weighted by Gasteiger charge is -2.35. The van der Waals surface area contributed by atoms with Crippen LogP contribution in [0.25, 0.3) is 11.4 Å². The van der Waals surface area contributed by atoms with Crippen LogP contribution in [0.4, 0.5) is 0 Å². The number of hydrogen-bond donors (Lipinski definition) is 1. The summed E-state index contributed by atoms with van der Waals surface area (Å²) >= 11 is 1.59. The van der Waals surface area contributed by atoms with Crippen molar-refractivity contribution in [3.8, 4) is 11.4 Å². The van der Waals surface area contributed by atoms with Crippen LogP contribution < -0.4 is 5.32 Å². The monoisotopic (exact) mass is 363 g/mol. The number of aromatic nitrogens is 2. The molecular formula is C16H21N5O3S. The normalized spacial score (nSPS) is 16.6. The van der Waals surface area contributed by atoms with Crippen molar-refractivity contribution in [2.24, 2.45) is 0 Å². The fourth-order valence-electron chi connectivity index (χ4n) is 2.79. The first-order chi connectivity index (χ1) is 12.0. The summed E-state index contributed by atoms with van der Waals surface area (Å²) in [6, 6.07) is 1.47. The lowest BCUT2D eigenvalue weighted by Crippen LogP contribution is -2.53. The SMILES string of the molecule is CC(=O)NC(C)C(=O)N1CCN(Cc2nc(-c3ccsc3)no2)CC1. The van der Waals surface area contributed by atoms with Gasteiger partial charge in [0.1, 0.15) is 6.04 Å². The first kappa shape index (κ1) is 17.6. The topological polar surface area (TPSA) is 91.6 Å². The third kappa shape index (κ3) is 4.43. The molecule has 0 bridgehead atoms. The molecule has 0 radical (unpaired) electrons. The number of thiophene rings is 1. The molecule has 0 aromatic carbocycles. The Labute approximate surface area is 149 Å². The fourth-order valence-corrected chi connectivity index (χ4v) is 3.42. The average molecular weight is 363 g/mol. The second kappa shape index (κ2) is 7.75. The summed E-state index contributed by atoms with van der Waals surface area (Å²) in [6.07, 6.45) is 0. The number of nitrogens with zero attached hydrogens (tertiary/aromatic N) is 4. The van der Waals surface area contributed by atoms with Crippen molar-refractivity contribution in [2.75, 3.05) is 26.2 Å². The predicted octanol–water partition coefficient (Wildman–Crippen LogP) is 0.967. The zero-order valence-corrected chi connectivity index (χ0v) is 15.1. The summed E-state index contributed by atoms with van der Waals surface area (Å²) in [7, 11) is 0. The van der Waals surface area contributed by atoms with E-state index in [1.807, 2.05) is 16.8 Å². The Bertz CT molecular complexity index is 722. The number of carbonyl (C=O) groups excluding carboxylic acids is 2. The van der Waals surface area contributed by atoms with E-state index < -0.39 is 6.04 Å². The van der Waals surface area contributed by atoms with E-state index >= 15 is 0 Å². The van der Waals surface area contributed by atoms with Crippen LogP contribution in [0.1, 0.15) is 19.7 Å². The molecule has 3 heterocycles. The van der Waals surface area contributed by atoms with E-state index in [0.717, 1.165) is 18.7 Å². The minimum atomic E-state index is -0.492. The first-order valence-corrected chi connectivity index (χ1v) is 9.10. The van der Waals surface area contributed by atoms with Gasteiger partial charge in [-0.05, 0) is 18.4 Å². The van der Waals surface area contributed by atoms with Crippen LogP contribution in [0.15, 0.2) is 21.3 Å². The second-order valence-electron chi connectivity index (χ2n) is 6.05. The Balaban J connectivity index is 1.49. The summed E-state index contributed by atoms with van der Waals surface area (Å²) in [4.78, 5) is 31.7. The van der Waals surface area contributed by atoms with Crippen molar-refractivity contribution >= 4 is 23.2 Å². The molecule has 1 N–H and O–H groups in total. The molecule has 0 saturated carbocycles. The first-order valence-electron chi connectivity index (χ1n) is 8.16. The molecule has 2 aromatic rings. The Morgan fingerprint density at radius 1 is 1.36 bits per heavy atom. The van der Waals surface area contributed by atoms with Gasteiger partial charge in [0.25, 0.3) is 0 Å². The molecule has 1 saturated heterocycles. The quantitative estimate of drug-likeness (QED) is 0.851. The minimum absolute atomic E-state index is 0.0487. The summed E-state index contributed by atoms with van der Waals surface area (Å²) in [5.41, 5.74) is 0.961. The van der Waals surface area contributed by atoms with Crippen LogP contribution in [0, 0.1) is 0 Å². The van der Waals surface area contributed by atoms with Crippen LogP contribution in [-0.2, 0) is 16.1 Å². The maximum atomic E-state index is 12.3. The van der Waals surface area contributed by atoms with Crippen molar-refractivity contribution in [2.45, 2.75) is 26.4 Å². The van der Waals surface area contributed by atoms with E-state index in [1.54, 1.807) is 23.2 Å². The number of amides is 2. The van der Waals surface area contributed by atoms with Gasteiger partial charge in [-0.15, -0.1) is 0 Å². The second-order valence-corrected chi connectivity index (χ2v) is 6.83. The van der Waals surface area contributed by atoms with Gasteiger partial charge in [-0.3, -0.25) is 14.5 Å². The third-order valence-corrected chi connectivity index (χ3v) is 4.76. The molecule has 2 amide bonds. The Morgan fingerprint density at radius 2 is 2.12 bits per heavy atom. The Kier molecular flexibility index (Phi) is 5.44. The van der Waals surface area contributed by atoms with E-state index in [1.165, 1.54) is 6.92 Å².